The molecule has 17 heavy (non-hydrogen) atoms. The van der Waals surface area contributed by atoms with Gasteiger partial charge in [0.15, 0.2) is 0 Å². The number of nitrogens with two attached hydrogens (primary N) is 1. The van der Waals surface area contributed by atoms with E-state index in [4.69, 9.17) is 10.5 Å². The highest BCUT2D eigenvalue weighted by Crippen LogP contribution is 2.28. The Balaban J connectivity index is 2.27. The molecule has 1 fully saturated rings. The third-order valence-corrected chi connectivity index (χ3v) is 3.12. The molecule has 0 aromatic heterocycles. The van der Waals surface area contributed by atoms with Crippen LogP contribution in [0.5, 0.6) is 0 Å². The van der Waals surface area contributed by atoms with Crippen molar-refractivity contribution in [3.8, 4) is 0 Å². The van der Waals surface area contributed by atoms with Crippen LogP contribution < -0.4 is 10.6 Å². The maximum absolute atomic E-state index is 5.93. The average molecular weight is 234 g/mol. The summed E-state index contributed by atoms with van der Waals surface area (Å²) in [6.45, 7) is 8.83. The predicted octanol–water partition coefficient (Wildman–Crippen LogP) is 2.15. The fourth-order valence-electron chi connectivity index (χ4n) is 2.63. The number of hydrogen-bond acceptors (Lipinski definition) is 3. The molecule has 1 aliphatic heterocycles. The van der Waals surface area contributed by atoms with Gasteiger partial charge in [-0.05, 0) is 32.4 Å². The lowest BCUT2D eigenvalue weighted by Gasteiger charge is -2.43. The highest BCUT2D eigenvalue weighted by Gasteiger charge is 2.31. The van der Waals surface area contributed by atoms with Gasteiger partial charge < -0.3 is 15.4 Å². The van der Waals surface area contributed by atoms with Crippen LogP contribution in [0.4, 0.5) is 5.69 Å². The fourth-order valence-corrected chi connectivity index (χ4v) is 2.63. The number of rotatable bonds is 2. The Labute approximate surface area is 104 Å². The number of hydrogen-bond donors (Lipinski definition) is 1. The minimum Gasteiger partial charge on any atom is -0.369 e. The van der Waals surface area contributed by atoms with E-state index in [9.17, 15) is 0 Å². The van der Waals surface area contributed by atoms with Crippen molar-refractivity contribution in [1.29, 1.82) is 0 Å². The SMILES string of the molecule is CC1CN(c2ccccc2CN)CC(C)(C)O1. The number of benzene rings is 1. The highest BCUT2D eigenvalue weighted by atomic mass is 16.5. The molecule has 1 heterocycles. The van der Waals surface area contributed by atoms with E-state index in [0.29, 0.717) is 6.54 Å². The van der Waals surface area contributed by atoms with Gasteiger partial charge in [-0.25, -0.2) is 0 Å². The molecule has 1 atom stereocenters. The standard InChI is InChI=1S/C14H22N2O/c1-11-9-16(10-14(2,3)17-11)13-7-5-4-6-12(13)8-15/h4-7,11H,8-10,15H2,1-3H3. The Bertz CT molecular complexity index is 390. The first kappa shape index (κ1) is 12.4. The number of anilines is 1. The van der Waals surface area contributed by atoms with Gasteiger partial charge in [-0.1, -0.05) is 18.2 Å². The Kier molecular flexibility index (Phi) is 3.40. The van der Waals surface area contributed by atoms with Crippen LogP contribution in [0, 0.1) is 0 Å². The Morgan fingerprint density at radius 3 is 2.76 bits per heavy atom. The molecule has 1 aromatic carbocycles. The summed E-state index contributed by atoms with van der Waals surface area (Å²) in [5, 5.41) is 0. The summed E-state index contributed by atoms with van der Waals surface area (Å²) in [6, 6.07) is 8.36. The normalized spacial score (nSPS) is 23.8. The molecule has 94 valence electrons. The van der Waals surface area contributed by atoms with Crippen molar-refractivity contribution in [3.05, 3.63) is 29.8 Å². The minimum absolute atomic E-state index is 0.0978. The fraction of sp³-hybridized carbons (Fsp3) is 0.571. The first-order valence-corrected chi connectivity index (χ1v) is 6.22. The van der Waals surface area contributed by atoms with Crippen molar-refractivity contribution in [2.75, 3.05) is 18.0 Å². The Morgan fingerprint density at radius 2 is 2.12 bits per heavy atom. The van der Waals surface area contributed by atoms with Gasteiger partial charge in [0.25, 0.3) is 0 Å². The van der Waals surface area contributed by atoms with Crippen molar-refractivity contribution >= 4 is 5.69 Å². The van der Waals surface area contributed by atoms with Crippen LogP contribution in [0.15, 0.2) is 24.3 Å². The highest BCUT2D eigenvalue weighted by molar-refractivity contribution is 5.54. The molecule has 0 aliphatic carbocycles. The van der Waals surface area contributed by atoms with Gasteiger partial charge in [0.05, 0.1) is 11.7 Å². The first-order valence-electron chi connectivity index (χ1n) is 6.22. The van der Waals surface area contributed by atoms with Gasteiger partial charge in [-0.15, -0.1) is 0 Å². The topological polar surface area (TPSA) is 38.5 Å². The third-order valence-electron chi connectivity index (χ3n) is 3.12. The lowest BCUT2D eigenvalue weighted by Crippen LogP contribution is -2.52. The van der Waals surface area contributed by atoms with Gasteiger partial charge in [0.2, 0.25) is 0 Å². The van der Waals surface area contributed by atoms with Crippen LogP contribution in [0.3, 0.4) is 0 Å². The van der Waals surface area contributed by atoms with Gasteiger partial charge in [0.1, 0.15) is 0 Å². The second-order valence-electron chi connectivity index (χ2n) is 5.40. The molecule has 1 aromatic rings. The molecule has 0 radical (unpaired) electrons. The van der Waals surface area contributed by atoms with E-state index in [1.807, 2.05) is 6.07 Å². The van der Waals surface area contributed by atoms with E-state index in [2.05, 4.69) is 43.9 Å². The minimum atomic E-state index is -0.0978. The molecule has 0 bridgehead atoms. The maximum atomic E-state index is 5.93. The molecule has 0 spiro atoms. The predicted molar refractivity (Wildman–Crippen MR) is 71.2 cm³/mol. The Morgan fingerprint density at radius 1 is 1.41 bits per heavy atom. The van der Waals surface area contributed by atoms with Crippen molar-refractivity contribution in [3.63, 3.8) is 0 Å². The van der Waals surface area contributed by atoms with E-state index >= 15 is 0 Å². The molecule has 1 unspecified atom stereocenters. The largest absolute Gasteiger partial charge is 0.369 e. The number of para-hydroxylation sites is 1. The summed E-state index contributed by atoms with van der Waals surface area (Å²) in [7, 11) is 0. The zero-order chi connectivity index (χ0) is 12.5. The average Bonchev–Trinajstić information content (AvgIpc) is 2.26. The quantitative estimate of drug-likeness (QED) is 0.852. The van der Waals surface area contributed by atoms with Crippen molar-refractivity contribution in [2.24, 2.45) is 5.73 Å². The molecular weight excluding hydrogens is 212 g/mol. The van der Waals surface area contributed by atoms with Crippen LogP contribution in [-0.4, -0.2) is 24.8 Å². The molecular formula is C14H22N2O. The lowest BCUT2D eigenvalue weighted by atomic mass is 10.0. The van der Waals surface area contributed by atoms with Gasteiger partial charge >= 0.3 is 0 Å². The summed E-state index contributed by atoms with van der Waals surface area (Å²) < 4.78 is 5.93. The molecule has 1 saturated heterocycles. The summed E-state index contributed by atoms with van der Waals surface area (Å²) in [5.74, 6) is 0. The summed E-state index contributed by atoms with van der Waals surface area (Å²) in [5.41, 5.74) is 8.16. The van der Waals surface area contributed by atoms with Crippen LogP contribution in [-0.2, 0) is 11.3 Å². The lowest BCUT2D eigenvalue weighted by molar-refractivity contribution is -0.0750. The van der Waals surface area contributed by atoms with Crippen LogP contribution in [0.2, 0.25) is 0 Å². The number of ether oxygens (including phenoxy) is 1. The monoisotopic (exact) mass is 234 g/mol. The van der Waals surface area contributed by atoms with Crippen LogP contribution >= 0.6 is 0 Å². The van der Waals surface area contributed by atoms with E-state index in [1.54, 1.807) is 0 Å². The molecule has 2 rings (SSSR count). The van der Waals surface area contributed by atoms with Crippen LogP contribution in [0.25, 0.3) is 0 Å². The van der Waals surface area contributed by atoms with Gasteiger partial charge in [-0.3, -0.25) is 0 Å². The van der Waals surface area contributed by atoms with Crippen molar-refractivity contribution in [1.82, 2.24) is 0 Å². The number of nitrogens with zero attached hydrogens (tertiary/aromatic N) is 1. The first-order chi connectivity index (χ1) is 8.02. The Hall–Kier alpha value is -1.06. The van der Waals surface area contributed by atoms with Crippen LogP contribution in [0.1, 0.15) is 26.3 Å². The second kappa shape index (κ2) is 4.67. The van der Waals surface area contributed by atoms with Crippen molar-refractivity contribution in [2.45, 2.75) is 39.0 Å². The zero-order valence-corrected chi connectivity index (χ0v) is 10.9. The zero-order valence-electron chi connectivity index (χ0n) is 10.9. The summed E-state index contributed by atoms with van der Waals surface area (Å²) in [6.07, 6.45) is 0.254. The van der Waals surface area contributed by atoms with Crippen molar-refractivity contribution < 1.29 is 4.74 Å². The molecule has 0 amide bonds. The molecule has 3 nitrogen and oxygen atoms in total. The molecule has 3 heteroatoms. The second-order valence-corrected chi connectivity index (χ2v) is 5.40. The van der Waals surface area contributed by atoms with E-state index in [-0.39, 0.29) is 11.7 Å². The maximum Gasteiger partial charge on any atom is 0.0805 e. The molecule has 2 N–H and O–H groups in total. The number of morpholine rings is 1. The third kappa shape index (κ3) is 2.79. The van der Waals surface area contributed by atoms with Gasteiger partial charge in [0, 0.05) is 25.3 Å². The molecule has 0 saturated carbocycles. The molecule has 1 aliphatic rings. The van der Waals surface area contributed by atoms with Gasteiger partial charge in [-0.2, -0.15) is 0 Å². The summed E-state index contributed by atoms with van der Waals surface area (Å²) >= 11 is 0. The summed E-state index contributed by atoms with van der Waals surface area (Å²) in [4.78, 5) is 2.39. The van der Waals surface area contributed by atoms with E-state index in [0.717, 1.165) is 13.1 Å². The smallest absolute Gasteiger partial charge is 0.0805 e. The van der Waals surface area contributed by atoms with E-state index in [1.165, 1.54) is 11.3 Å². The van der Waals surface area contributed by atoms with E-state index < -0.39 is 0 Å².